The van der Waals surface area contributed by atoms with Gasteiger partial charge in [0.15, 0.2) is 16.7 Å². The molecule has 26 heavy (non-hydrogen) atoms. The Kier molecular flexibility index (Phi) is 5.33. The second kappa shape index (κ2) is 7.86. The lowest BCUT2D eigenvalue weighted by Crippen LogP contribution is -2.50. The van der Waals surface area contributed by atoms with Gasteiger partial charge in [0.25, 0.3) is 0 Å². The molecule has 1 saturated heterocycles. The van der Waals surface area contributed by atoms with Gasteiger partial charge in [0.2, 0.25) is 5.91 Å². The van der Waals surface area contributed by atoms with E-state index in [0.717, 1.165) is 36.4 Å². The maximum Gasteiger partial charge on any atom is 0.233 e. The van der Waals surface area contributed by atoms with Crippen LogP contribution in [0, 0.1) is 5.92 Å². The summed E-state index contributed by atoms with van der Waals surface area (Å²) < 4.78 is 7.46. The molecule has 0 spiro atoms. The summed E-state index contributed by atoms with van der Waals surface area (Å²) >= 11 is 1.49. The summed E-state index contributed by atoms with van der Waals surface area (Å²) in [6, 6.07) is 4.19. The minimum Gasteiger partial charge on any atom is -0.461 e. The van der Waals surface area contributed by atoms with Crippen molar-refractivity contribution in [1.82, 2.24) is 19.7 Å². The molecule has 2 aromatic heterocycles. The van der Waals surface area contributed by atoms with Gasteiger partial charge in [0, 0.05) is 19.1 Å². The maximum atomic E-state index is 12.9. The smallest absolute Gasteiger partial charge is 0.233 e. The number of piperidine rings is 1. The molecule has 2 atom stereocenters. The molecule has 3 heterocycles. The highest BCUT2D eigenvalue weighted by molar-refractivity contribution is 7.99. The van der Waals surface area contributed by atoms with Crippen LogP contribution < -0.4 is 0 Å². The lowest BCUT2D eigenvalue weighted by atomic mass is 9.78. The predicted octanol–water partition coefficient (Wildman–Crippen LogP) is 3.83. The highest BCUT2D eigenvalue weighted by Gasteiger charge is 2.35. The fourth-order valence-electron chi connectivity index (χ4n) is 4.41. The van der Waals surface area contributed by atoms with E-state index in [1.807, 2.05) is 16.7 Å². The number of carbonyl (C=O) groups is 1. The fourth-order valence-corrected chi connectivity index (χ4v) is 5.30. The standard InChI is InChI=1S/C19H26N4O2S/c1-2-22-18(16-10-6-12-25-16)20-21-19(22)26-13-17(24)23-11-5-8-14-7-3-4-9-15(14)23/h6,10,12,14-15H,2-5,7-9,11,13H2,1H3. The fraction of sp³-hybridized carbons (Fsp3) is 0.632. The van der Waals surface area contributed by atoms with Crippen molar-refractivity contribution < 1.29 is 9.21 Å². The summed E-state index contributed by atoms with van der Waals surface area (Å²) in [5.41, 5.74) is 0. The van der Waals surface area contributed by atoms with Gasteiger partial charge < -0.3 is 9.32 Å². The van der Waals surface area contributed by atoms with Crippen molar-refractivity contribution in [3.63, 3.8) is 0 Å². The first-order valence-electron chi connectivity index (χ1n) is 9.67. The molecule has 2 unspecified atom stereocenters. The molecule has 6 nitrogen and oxygen atoms in total. The lowest BCUT2D eigenvalue weighted by Gasteiger charge is -2.44. The van der Waals surface area contributed by atoms with Gasteiger partial charge >= 0.3 is 0 Å². The number of amides is 1. The first kappa shape index (κ1) is 17.6. The minimum absolute atomic E-state index is 0.247. The molecule has 1 saturated carbocycles. The summed E-state index contributed by atoms with van der Waals surface area (Å²) in [5, 5.41) is 9.33. The van der Waals surface area contributed by atoms with Gasteiger partial charge in [-0.1, -0.05) is 24.6 Å². The van der Waals surface area contributed by atoms with Crippen molar-refractivity contribution in [3.05, 3.63) is 18.4 Å². The van der Waals surface area contributed by atoms with Crippen LogP contribution in [0.2, 0.25) is 0 Å². The van der Waals surface area contributed by atoms with E-state index in [0.29, 0.717) is 17.6 Å². The molecule has 1 amide bonds. The molecule has 0 radical (unpaired) electrons. The summed E-state index contributed by atoms with van der Waals surface area (Å²) in [7, 11) is 0. The van der Waals surface area contributed by atoms with Gasteiger partial charge in [0.05, 0.1) is 12.0 Å². The van der Waals surface area contributed by atoms with Crippen molar-refractivity contribution in [1.29, 1.82) is 0 Å². The number of rotatable bonds is 5. The second-order valence-electron chi connectivity index (χ2n) is 7.16. The SMILES string of the molecule is CCn1c(SCC(=O)N2CCCC3CCCCC32)nnc1-c1ccco1. The highest BCUT2D eigenvalue weighted by atomic mass is 32.2. The summed E-state index contributed by atoms with van der Waals surface area (Å²) in [6.45, 7) is 3.71. The zero-order chi connectivity index (χ0) is 17.9. The average Bonchev–Trinajstić information content (AvgIpc) is 3.34. The third kappa shape index (κ3) is 3.41. The van der Waals surface area contributed by atoms with Crippen LogP contribution in [0.15, 0.2) is 28.0 Å². The first-order valence-corrected chi connectivity index (χ1v) is 10.7. The number of aromatic nitrogens is 3. The molecule has 2 fully saturated rings. The van der Waals surface area contributed by atoms with Crippen LogP contribution in [0.25, 0.3) is 11.6 Å². The predicted molar refractivity (Wildman–Crippen MR) is 101 cm³/mol. The molecule has 7 heteroatoms. The van der Waals surface area contributed by atoms with Crippen LogP contribution in [0.1, 0.15) is 45.4 Å². The Morgan fingerprint density at radius 3 is 2.92 bits per heavy atom. The molecule has 1 aliphatic carbocycles. The zero-order valence-electron chi connectivity index (χ0n) is 15.3. The van der Waals surface area contributed by atoms with E-state index in [1.165, 1.54) is 43.9 Å². The number of hydrogen-bond donors (Lipinski definition) is 0. The van der Waals surface area contributed by atoms with Crippen molar-refractivity contribution in [3.8, 4) is 11.6 Å². The van der Waals surface area contributed by atoms with Crippen molar-refractivity contribution >= 4 is 17.7 Å². The normalized spacial score (nSPS) is 23.0. The maximum absolute atomic E-state index is 12.9. The second-order valence-corrected chi connectivity index (χ2v) is 8.10. The molecular weight excluding hydrogens is 348 g/mol. The first-order chi connectivity index (χ1) is 12.8. The summed E-state index contributed by atoms with van der Waals surface area (Å²) in [5.74, 6) is 2.82. The highest BCUT2D eigenvalue weighted by Crippen LogP contribution is 2.35. The van der Waals surface area contributed by atoms with E-state index in [4.69, 9.17) is 4.42 Å². The Morgan fingerprint density at radius 1 is 1.27 bits per heavy atom. The molecule has 2 aromatic rings. The molecule has 0 aromatic carbocycles. The van der Waals surface area contributed by atoms with Gasteiger partial charge in [-0.3, -0.25) is 9.36 Å². The van der Waals surface area contributed by atoms with Crippen LogP contribution in [-0.2, 0) is 11.3 Å². The number of hydrogen-bond acceptors (Lipinski definition) is 5. The zero-order valence-corrected chi connectivity index (χ0v) is 16.1. The lowest BCUT2D eigenvalue weighted by molar-refractivity contribution is -0.134. The quantitative estimate of drug-likeness (QED) is 0.744. The summed E-state index contributed by atoms with van der Waals surface area (Å²) in [4.78, 5) is 15.0. The van der Waals surface area contributed by atoms with Crippen LogP contribution >= 0.6 is 11.8 Å². The third-order valence-corrected chi connectivity index (χ3v) is 6.61. The molecule has 0 N–H and O–H groups in total. The Morgan fingerprint density at radius 2 is 2.12 bits per heavy atom. The van der Waals surface area contributed by atoms with E-state index >= 15 is 0 Å². The van der Waals surface area contributed by atoms with E-state index < -0.39 is 0 Å². The Balaban J connectivity index is 1.43. The van der Waals surface area contributed by atoms with Crippen LogP contribution in [0.4, 0.5) is 0 Å². The van der Waals surface area contributed by atoms with Crippen molar-refractivity contribution in [2.75, 3.05) is 12.3 Å². The van der Waals surface area contributed by atoms with Gasteiger partial charge in [-0.15, -0.1) is 10.2 Å². The van der Waals surface area contributed by atoms with E-state index in [2.05, 4.69) is 22.0 Å². The average molecular weight is 375 g/mol. The van der Waals surface area contributed by atoms with Crippen molar-refractivity contribution in [2.24, 2.45) is 5.92 Å². The Hall–Kier alpha value is -1.76. The van der Waals surface area contributed by atoms with E-state index in [9.17, 15) is 4.79 Å². The molecule has 2 aliphatic rings. The Bertz CT molecular complexity index is 741. The van der Waals surface area contributed by atoms with Crippen LogP contribution in [0.3, 0.4) is 0 Å². The van der Waals surface area contributed by atoms with Crippen molar-refractivity contribution in [2.45, 2.75) is 63.2 Å². The number of nitrogens with zero attached hydrogens (tertiary/aromatic N) is 4. The van der Waals surface area contributed by atoms with Crippen LogP contribution in [0.5, 0.6) is 0 Å². The number of likely N-dealkylation sites (tertiary alicyclic amines) is 1. The minimum atomic E-state index is 0.247. The number of carbonyl (C=O) groups excluding carboxylic acids is 1. The largest absolute Gasteiger partial charge is 0.461 e. The topological polar surface area (TPSA) is 64.2 Å². The Labute approximate surface area is 158 Å². The number of thioether (sulfide) groups is 1. The molecule has 1 aliphatic heterocycles. The summed E-state index contributed by atoms with van der Waals surface area (Å²) in [6.07, 6.45) is 9.12. The number of furan rings is 1. The molecule has 0 bridgehead atoms. The molecule has 140 valence electrons. The van der Waals surface area contributed by atoms with E-state index in [1.54, 1.807) is 6.26 Å². The van der Waals surface area contributed by atoms with Gasteiger partial charge in [-0.05, 0) is 50.7 Å². The molecule has 4 rings (SSSR count). The van der Waals surface area contributed by atoms with Gasteiger partial charge in [-0.2, -0.15) is 0 Å². The number of fused-ring (bicyclic) bond motifs is 1. The third-order valence-electron chi connectivity index (χ3n) is 5.66. The van der Waals surface area contributed by atoms with Gasteiger partial charge in [-0.25, -0.2) is 0 Å². The van der Waals surface area contributed by atoms with Crippen LogP contribution in [-0.4, -0.2) is 43.9 Å². The monoisotopic (exact) mass is 374 g/mol. The molecular formula is C19H26N4O2S. The van der Waals surface area contributed by atoms with Gasteiger partial charge in [0.1, 0.15) is 0 Å². The van der Waals surface area contributed by atoms with E-state index in [-0.39, 0.29) is 5.91 Å².